The Morgan fingerprint density at radius 3 is 2.65 bits per heavy atom. The van der Waals surface area contributed by atoms with Crippen LogP contribution in [0.3, 0.4) is 0 Å². The lowest BCUT2D eigenvalue weighted by Crippen LogP contribution is -2.13. The predicted molar refractivity (Wildman–Crippen MR) is 83.0 cm³/mol. The van der Waals surface area contributed by atoms with Gasteiger partial charge >= 0.3 is 0 Å². The summed E-state index contributed by atoms with van der Waals surface area (Å²) in [4.78, 5) is 0.0177. The molecule has 0 aliphatic heterocycles. The van der Waals surface area contributed by atoms with E-state index < -0.39 is 15.8 Å². The number of hydrogen-bond acceptors (Lipinski definition) is 4. The van der Waals surface area contributed by atoms with Gasteiger partial charge in [-0.15, -0.1) is 0 Å². The Hall–Kier alpha value is -2.61. The molecule has 120 valence electrons. The lowest BCUT2D eigenvalue weighted by molar-refractivity contribution is 0.533. The van der Waals surface area contributed by atoms with Gasteiger partial charge in [0.2, 0.25) is 0 Å². The quantitative estimate of drug-likeness (QED) is 0.766. The lowest BCUT2D eigenvalue weighted by atomic mass is 10.2. The van der Waals surface area contributed by atoms with E-state index in [0.717, 1.165) is 0 Å². The molecule has 0 aliphatic rings. The molecule has 2 heterocycles. The Labute approximate surface area is 132 Å². The number of aromatic nitrogens is 2. The number of nitrogens with one attached hydrogen (secondary N) is 2. The van der Waals surface area contributed by atoms with Crippen LogP contribution in [-0.4, -0.2) is 18.6 Å². The number of hydrogen-bond donors (Lipinski definition) is 2. The van der Waals surface area contributed by atoms with Crippen LogP contribution < -0.4 is 4.72 Å². The third-order valence-electron chi connectivity index (χ3n) is 3.34. The van der Waals surface area contributed by atoms with Crippen molar-refractivity contribution in [2.45, 2.75) is 18.7 Å². The fourth-order valence-electron chi connectivity index (χ4n) is 2.18. The van der Waals surface area contributed by atoms with Crippen molar-refractivity contribution in [2.24, 2.45) is 0 Å². The maximum Gasteiger partial charge on any atom is 0.265 e. The van der Waals surface area contributed by atoms with E-state index in [-0.39, 0.29) is 16.3 Å². The first-order valence-electron chi connectivity index (χ1n) is 6.76. The van der Waals surface area contributed by atoms with Crippen molar-refractivity contribution in [2.75, 3.05) is 4.72 Å². The minimum Gasteiger partial charge on any atom is -0.458 e. The molecule has 0 unspecified atom stereocenters. The molecule has 0 saturated heterocycles. The molecular weight excluding hydrogens is 321 g/mol. The minimum atomic E-state index is -3.84. The number of anilines is 1. The highest BCUT2D eigenvalue weighted by atomic mass is 32.2. The van der Waals surface area contributed by atoms with Crippen molar-refractivity contribution in [3.05, 3.63) is 53.7 Å². The molecule has 0 atom stereocenters. The zero-order valence-electron chi connectivity index (χ0n) is 12.4. The first-order valence-corrected chi connectivity index (χ1v) is 8.24. The molecule has 3 rings (SSSR count). The Bertz CT molecular complexity index is 947. The molecule has 23 heavy (non-hydrogen) atoms. The molecule has 0 saturated carbocycles. The Morgan fingerprint density at radius 2 is 2.00 bits per heavy atom. The van der Waals surface area contributed by atoms with E-state index in [2.05, 4.69) is 14.9 Å². The van der Waals surface area contributed by atoms with Gasteiger partial charge in [0.1, 0.15) is 22.2 Å². The van der Waals surface area contributed by atoms with E-state index in [9.17, 15) is 12.8 Å². The van der Waals surface area contributed by atoms with Crippen LogP contribution in [0.15, 0.2) is 45.8 Å². The molecule has 6 nitrogen and oxygen atoms in total. The summed E-state index contributed by atoms with van der Waals surface area (Å²) in [6.07, 6.45) is 1.54. The first-order chi connectivity index (χ1) is 10.9. The molecule has 1 aromatic carbocycles. The highest BCUT2D eigenvalue weighted by molar-refractivity contribution is 7.92. The third-order valence-corrected chi connectivity index (χ3v) is 4.83. The molecule has 0 radical (unpaired) electrons. The number of halogens is 1. The van der Waals surface area contributed by atoms with Gasteiger partial charge in [0.25, 0.3) is 10.0 Å². The number of sulfonamides is 1. The molecule has 0 spiro atoms. The molecule has 0 fully saturated rings. The van der Waals surface area contributed by atoms with Crippen LogP contribution >= 0.6 is 0 Å². The smallest absolute Gasteiger partial charge is 0.265 e. The standard InChI is InChI=1S/C15H14FN3O3S/c1-9-7-11(3-4-12(9)16)19-23(20,21)15-8-14(22-10(15)2)13-5-6-17-18-13/h3-8,19H,1-2H3,(H,17,18). The van der Waals surface area contributed by atoms with Crippen molar-refractivity contribution >= 4 is 15.7 Å². The maximum absolute atomic E-state index is 13.3. The summed E-state index contributed by atoms with van der Waals surface area (Å²) in [6.45, 7) is 3.12. The van der Waals surface area contributed by atoms with Crippen LogP contribution in [0.4, 0.5) is 10.1 Å². The predicted octanol–water partition coefficient (Wildman–Crippen LogP) is 3.23. The maximum atomic E-state index is 13.3. The molecule has 0 aliphatic carbocycles. The average Bonchev–Trinajstić information content (AvgIpc) is 3.11. The van der Waals surface area contributed by atoms with E-state index in [4.69, 9.17) is 4.42 Å². The van der Waals surface area contributed by atoms with Crippen molar-refractivity contribution in [3.63, 3.8) is 0 Å². The normalized spacial score (nSPS) is 11.6. The van der Waals surface area contributed by atoms with Crippen LogP contribution in [0.5, 0.6) is 0 Å². The summed E-state index contributed by atoms with van der Waals surface area (Å²) in [5, 5.41) is 6.51. The third kappa shape index (κ3) is 2.98. The van der Waals surface area contributed by atoms with Crippen LogP contribution in [-0.2, 0) is 10.0 Å². The highest BCUT2D eigenvalue weighted by Gasteiger charge is 2.22. The first kappa shape index (κ1) is 15.3. The highest BCUT2D eigenvalue weighted by Crippen LogP contribution is 2.28. The lowest BCUT2D eigenvalue weighted by Gasteiger charge is -2.08. The molecule has 8 heteroatoms. The second-order valence-corrected chi connectivity index (χ2v) is 6.72. The molecular formula is C15H14FN3O3S. The van der Waals surface area contributed by atoms with Crippen LogP contribution in [0, 0.1) is 19.7 Å². The van der Waals surface area contributed by atoms with Gasteiger partial charge in [-0.25, -0.2) is 12.8 Å². The monoisotopic (exact) mass is 335 g/mol. The summed E-state index contributed by atoms with van der Waals surface area (Å²) in [7, 11) is -3.84. The minimum absolute atomic E-state index is 0.0177. The van der Waals surface area contributed by atoms with E-state index in [1.807, 2.05) is 0 Å². The fourth-order valence-corrected chi connectivity index (χ4v) is 3.41. The van der Waals surface area contributed by atoms with Crippen molar-refractivity contribution in [1.29, 1.82) is 0 Å². The van der Waals surface area contributed by atoms with Gasteiger partial charge in [-0.3, -0.25) is 9.82 Å². The van der Waals surface area contributed by atoms with E-state index in [1.54, 1.807) is 26.1 Å². The number of aromatic amines is 1. The van der Waals surface area contributed by atoms with Crippen LogP contribution in [0.1, 0.15) is 11.3 Å². The van der Waals surface area contributed by atoms with Gasteiger partial charge in [-0.05, 0) is 43.7 Å². The zero-order valence-corrected chi connectivity index (χ0v) is 13.2. The largest absolute Gasteiger partial charge is 0.458 e. The SMILES string of the molecule is Cc1cc(NS(=O)(=O)c2cc(-c3ccn[nH]3)oc2C)ccc1F. The summed E-state index contributed by atoms with van der Waals surface area (Å²) in [6, 6.07) is 7.10. The van der Waals surface area contributed by atoms with E-state index in [1.165, 1.54) is 24.3 Å². The number of aryl methyl sites for hydroxylation is 2. The van der Waals surface area contributed by atoms with Crippen molar-refractivity contribution in [3.8, 4) is 11.5 Å². The molecule has 0 bridgehead atoms. The van der Waals surface area contributed by atoms with Crippen molar-refractivity contribution < 1.29 is 17.2 Å². The van der Waals surface area contributed by atoms with Crippen molar-refractivity contribution in [1.82, 2.24) is 10.2 Å². The van der Waals surface area contributed by atoms with Gasteiger partial charge in [0.15, 0.2) is 5.76 Å². The van der Waals surface area contributed by atoms with Crippen LogP contribution in [0.25, 0.3) is 11.5 Å². The zero-order chi connectivity index (χ0) is 16.6. The fraction of sp³-hybridized carbons (Fsp3) is 0.133. The Kier molecular flexibility index (Phi) is 3.69. The van der Waals surface area contributed by atoms with Gasteiger partial charge in [0, 0.05) is 18.0 Å². The Morgan fingerprint density at radius 1 is 1.22 bits per heavy atom. The average molecular weight is 335 g/mol. The summed E-state index contributed by atoms with van der Waals surface area (Å²) in [5.41, 5.74) is 1.21. The summed E-state index contributed by atoms with van der Waals surface area (Å²) in [5.74, 6) is 0.227. The van der Waals surface area contributed by atoms with E-state index >= 15 is 0 Å². The summed E-state index contributed by atoms with van der Waals surface area (Å²) >= 11 is 0. The van der Waals surface area contributed by atoms with Gasteiger partial charge in [-0.1, -0.05) is 0 Å². The van der Waals surface area contributed by atoms with Gasteiger partial charge in [-0.2, -0.15) is 5.10 Å². The second kappa shape index (κ2) is 5.54. The van der Waals surface area contributed by atoms with Crippen LogP contribution in [0.2, 0.25) is 0 Å². The van der Waals surface area contributed by atoms with E-state index in [0.29, 0.717) is 17.0 Å². The number of furan rings is 1. The molecule has 0 amide bonds. The van der Waals surface area contributed by atoms with Gasteiger partial charge < -0.3 is 4.42 Å². The number of H-pyrrole nitrogens is 1. The molecule has 3 aromatic rings. The number of benzene rings is 1. The summed E-state index contributed by atoms with van der Waals surface area (Å²) < 4.78 is 46.2. The molecule has 2 aromatic heterocycles. The topological polar surface area (TPSA) is 88.0 Å². The second-order valence-electron chi connectivity index (χ2n) is 5.07. The van der Waals surface area contributed by atoms with Gasteiger partial charge in [0.05, 0.1) is 0 Å². The number of rotatable bonds is 4. The number of nitrogens with zero attached hydrogens (tertiary/aromatic N) is 1. The molecule has 2 N–H and O–H groups in total. The Balaban J connectivity index is 1.95.